The van der Waals surface area contributed by atoms with Crippen LogP contribution in [0.1, 0.15) is 48.1 Å². The SMILES string of the molecule is Cc1cc(C)cc(OCC(=O)N2CCC(Cn3nc4c(cc3=O)CCCC4)CC2)c1. The summed E-state index contributed by atoms with van der Waals surface area (Å²) in [4.78, 5) is 26.9. The maximum atomic E-state index is 12.6. The molecule has 1 saturated heterocycles. The molecule has 1 fully saturated rings. The standard InChI is InChI=1S/C24H31N3O3/c1-17-11-18(2)13-21(12-17)30-16-24(29)26-9-7-19(8-10-26)15-27-23(28)14-20-5-3-4-6-22(20)25-27/h11-14,19H,3-10,15-16H2,1-2H3. The van der Waals surface area contributed by atoms with Gasteiger partial charge in [-0.1, -0.05) is 6.07 Å². The van der Waals surface area contributed by atoms with Gasteiger partial charge >= 0.3 is 0 Å². The smallest absolute Gasteiger partial charge is 0.267 e. The molecule has 4 rings (SSSR count). The Morgan fingerprint density at radius 1 is 1.07 bits per heavy atom. The van der Waals surface area contributed by atoms with Crippen LogP contribution in [0.15, 0.2) is 29.1 Å². The first-order valence-electron chi connectivity index (χ1n) is 11.1. The summed E-state index contributed by atoms with van der Waals surface area (Å²) in [6, 6.07) is 7.78. The number of hydrogen-bond donors (Lipinski definition) is 0. The molecule has 0 radical (unpaired) electrons. The van der Waals surface area contributed by atoms with Gasteiger partial charge in [-0.2, -0.15) is 5.10 Å². The van der Waals surface area contributed by atoms with Crippen molar-refractivity contribution >= 4 is 5.91 Å². The van der Waals surface area contributed by atoms with Gasteiger partial charge in [-0.15, -0.1) is 0 Å². The molecule has 2 aliphatic rings. The van der Waals surface area contributed by atoms with Gasteiger partial charge in [0.15, 0.2) is 6.61 Å². The molecule has 0 N–H and O–H groups in total. The van der Waals surface area contributed by atoms with Crippen LogP contribution in [0.25, 0.3) is 0 Å². The first-order chi connectivity index (χ1) is 14.5. The molecule has 1 aliphatic carbocycles. The summed E-state index contributed by atoms with van der Waals surface area (Å²) in [6.45, 7) is 6.18. The van der Waals surface area contributed by atoms with E-state index in [0.29, 0.717) is 25.6 Å². The van der Waals surface area contributed by atoms with Crippen LogP contribution in [0, 0.1) is 19.8 Å². The maximum absolute atomic E-state index is 12.6. The van der Waals surface area contributed by atoms with Crippen LogP contribution >= 0.6 is 0 Å². The van der Waals surface area contributed by atoms with Crippen LogP contribution in [0.3, 0.4) is 0 Å². The number of piperidine rings is 1. The van der Waals surface area contributed by atoms with E-state index in [1.807, 2.05) is 30.9 Å². The highest BCUT2D eigenvalue weighted by Crippen LogP contribution is 2.21. The topological polar surface area (TPSA) is 64.4 Å². The Morgan fingerprint density at radius 2 is 1.77 bits per heavy atom. The van der Waals surface area contributed by atoms with E-state index in [2.05, 4.69) is 11.2 Å². The molecular formula is C24H31N3O3. The van der Waals surface area contributed by atoms with E-state index in [1.165, 1.54) is 0 Å². The summed E-state index contributed by atoms with van der Waals surface area (Å²) in [5.41, 5.74) is 4.49. The third-order valence-electron chi connectivity index (χ3n) is 6.23. The minimum atomic E-state index is 0.0102. The number of aromatic nitrogens is 2. The minimum absolute atomic E-state index is 0.0102. The molecule has 1 amide bonds. The zero-order chi connectivity index (χ0) is 21.1. The van der Waals surface area contributed by atoms with Crippen LogP contribution in [0.5, 0.6) is 5.75 Å². The van der Waals surface area contributed by atoms with Gasteiger partial charge in [-0.3, -0.25) is 9.59 Å². The number of ether oxygens (including phenoxy) is 1. The molecule has 1 aliphatic heterocycles. The number of fused-ring (bicyclic) bond motifs is 1. The Kier molecular flexibility index (Phi) is 6.21. The Bertz CT molecular complexity index is 954. The lowest BCUT2D eigenvalue weighted by atomic mass is 9.96. The normalized spacial score (nSPS) is 16.9. The summed E-state index contributed by atoms with van der Waals surface area (Å²) in [6.07, 6.45) is 6.04. The Morgan fingerprint density at radius 3 is 2.50 bits per heavy atom. The molecular weight excluding hydrogens is 378 g/mol. The quantitative estimate of drug-likeness (QED) is 0.761. The monoisotopic (exact) mass is 409 g/mol. The number of hydrogen-bond acceptors (Lipinski definition) is 4. The number of nitrogens with zero attached hydrogens (tertiary/aromatic N) is 3. The van der Waals surface area contributed by atoms with Gasteiger partial charge < -0.3 is 9.64 Å². The fourth-order valence-corrected chi connectivity index (χ4v) is 4.59. The molecule has 1 aromatic heterocycles. The number of likely N-dealkylation sites (tertiary alicyclic amines) is 1. The first-order valence-corrected chi connectivity index (χ1v) is 11.1. The summed E-state index contributed by atoms with van der Waals surface area (Å²) >= 11 is 0. The van der Waals surface area contributed by atoms with Crippen molar-refractivity contribution in [3.63, 3.8) is 0 Å². The fourth-order valence-electron chi connectivity index (χ4n) is 4.59. The molecule has 2 aromatic rings. The first kappa shape index (κ1) is 20.6. The van der Waals surface area contributed by atoms with Gasteiger partial charge in [0.2, 0.25) is 0 Å². The van der Waals surface area contributed by atoms with E-state index in [0.717, 1.165) is 66.7 Å². The van der Waals surface area contributed by atoms with Gasteiger partial charge in [0.1, 0.15) is 5.75 Å². The predicted octanol–water partition coefficient (Wildman–Crippen LogP) is 3.06. The van der Waals surface area contributed by atoms with Crippen LogP contribution in [0.4, 0.5) is 0 Å². The van der Waals surface area contributed by atoms with Crippen LogP contribution in [-0.4, -0.2) is 40.3 Å². The van der Waals surface area contributed by atoms with E-state index in [9.17, 15) is 9.59 Å². The number of aryl methyl sites for hydroxylation is 4. The van der Waals surface area contributed by atoms with Crippen molar-refractivity contribution in [2.24, 2.45) is 5.92 Å². The van der Waals surface area contributed by atoms with Crippen molar-refractivity contribution in [3.05, 3.63) is 57.0 Å². The number of carbonyl (C=O) groups excluding carboxylic acids is 1. The lowest BCUT2D eigenvalue weighted by Crippen LogP contribution is -2.42. The molecule has 0 unspecified atom stereocenters. The second-order valence-corrected chi connectivity index (χ2v) is 8.78. The van der Waals surface area contributed by atoms with E-state index in [-0.39, 0.29) is 18.1 Å². The van der Waals surface area contributed by atoms with Crippen molar-refractivity contribution in [2.45, 2.75) is 58.9 Å². The summed E-state index contributed by atoms with van der Waals surface area (Å²) in [5.74, 6) is 1.14. The van der Waals surface area contributed by atoms with Gasteiger partial charge in [0.25, 0.3) is 11.5 Å². The predicted molar refractivity (Wildman–Crippen MR) is 116 cm³/mol. The Hall–Kier alpha value is -2.63. The third-order valence-corrected chi connectivity index (χ3v) is 6.23. The zero-order valence-electron chi connectivity index (χ0n) is 18.0. The van der Waals surface area contributed by atoms with E-state index in [4.69, 9.17) is 4.74 Å². The van der Waals surface area contributed by atoms with Crippen molar-refractivity contribution in [1.82, 2.24) is 14.7 Å². The molecule has 6 heteroatoms. The molecule has 2 heterocycles. The van der Waals surface area contributed by atoms with Gasteiger partial charge in [-0.25, -0.2) is 4.68 Å². The lowest BCUT2D eigenvalue weighted by Gasteiger charge is -2.32. The molecule has 0 atom stereocenters. The Balaban J connectivity index is 1.28. The average Bonchev–Trinajstić information content (AvgIpc) is 2.72. The molecule has 0 saturated carbocycles. The van der Waals surface area contributed by atoms with E-state index >= 15 is 0 Å². The van der Waals surface area contributed by atoms with Gasteiger partial charge in [0.05, 0.1) is 5.69 Å². The lowest BCUT2D eigenvalue weighted by molar-refractivity contribution is -0.134. The van der Waals surface area contributed by atoms with Crippen molar-refractivity contribution in [2.75, 3.05) is 19.7 Å². The number of rotatable bonds is 5. The second-order valence-electron chi connectivity index (χ2n) is 8.78. The second kappa shape index (κ2) is 9.02. The minimum Gasteiger partial charge on any atom is -0.484 e. The molecule has 1 aromatic carbocycles. The number of amides is 1. The molecule has 30 heavy (non-hydrogen) atoms. The molecule has 0 spiro atoms. The van der Waals surface area contributed by atoms with Crippen molar-refractivity contribution in [3.8, 4) is 5.75 Å². The third kappa shape index (κ3) is 4.91. The summed E-state index contributed by atoms with van der Waals surface area (Å²) in [7, 11) is 0. The summed E-state index contributed by atoms with van der Waals surface area (Å²) < 4.78 is 7.38. The Labute approximate surface area is 177 Å². The zero-order valence-corrected chi connectivity index (χ0v) is 18.0. The molecule has 0 bridgehead atoms. The van der Waals surface area contributed by atoms with Gasteiger partial charge in [0, 0.05) is 25.7 Å². The van der Waals surface area contributed by atoms with Crippen molar-refractivity contribution < 1.29 is 9.53 Å². The van der Waals surface area contributed by atoms with Crippen LogP contribution in [-0.2, 0) is 24.2 Å². The highest BCUT2D eigenvalue weighted by molar-refractivity contribution is 5.77. The number of carbonyl (C=O) groups is 1. The van der Waals surface area contributed by atoms with E-state index < -0.39 is 0 Å². The van der Waals surface area contributed by atoms with E-state index in [1.54, 1.807) is 10.7 Å². The van der Waals surface area contributed by atoms with Crippen LogP contribution < -0.4 is 10.3 Å². The van der Waals surface area contributed by atoms with Crippen molar-refractivity contribution in [1.29, 1.82) is 0 Å². The fraction of sp³-hybridized carbons (Fsp3) is 0.542. The molecule has 6 nitrogen and oxygen atoms in total. The highest BCUT2D eigenvalue weighted by atomic mass is 16.5. The largest absolute Gasteiger partial charge is 0.484 e. The van der Waals surface area contributed by atoms with Crippen LogP contribution in [0.2, 0.25) is 0 Å². The highest BCUT2D eigenvalue weighted by Gasteiger charge is 2.24. The molecule has 160 valence electrons. The number of benzene rings is 1. The average molecular weight is 410 g/mol. The van der Waals surface area contributed by atoms with Gasteiger partial charge in [-0.05, 0) is 87.1 Å². The maximum Gasteiger partial charge on any atom is 0.267 e. The summed E-state index contributed by atoms with van der Waals surface area (Å²) in [5, 5.41) is 4.64.